The first-order chi connectivity index (χ1) is 6.56. The Morgan fingerprint density at radius 1 is 1.50 bits per heavy atom. The Morgan fingerprint density at radius 2 is 2.14 bits per heavy atom. The van der Waals surface area contributed by atoms with Crippen molar-refractivity contribution in [2.45, 2.75) is 6.92 Å². The molecule has 0 aliphatic carbocycles. The maximum absolute atomic E-state index is 12.9. The Labute approximate surface area is 82.0 Å². The second-order valence-corrected chi connectivity index (χ2v) is 2.95. The second kappa shape index (κ2) is 4.05. The monoisotopic (exact) mass is 194 g/mol. The van der Waals surface area contributed by atoms with Gasteiger partial charge in [-0.2, -0.15) is 0 Å². The van der Waals surface area contributed by atoms with Gasteiger partial charge in [-0.25, -0.2) is 4.39 Å². The molecule has 0 aromatic heterocycles. The summed E-state index contributed by atoms with van der Waals surface area (Å²) in [6.45, 7) is 5.09. The summed E-state index contributed by atoms with van der Waals surface area (Å²) < 4.78 is 17.8. The molecule has 0 fully saturated rings. The molecule has 1 aromatic rings. The Balaban J connectivity index is 3.23. The average Bonchev–Trinajstić information content (AvgIpc) is 2.16. The van der Waals surface area contributed by atoms with Crippen molar-refractivity contribution in [1.29, 1.82) is 0 Å². The van der Waals surface area contributed by atoms with E-state index in [0.717, 1.165) is 6.07 Å². The van der Waals surface area contributed by atoms with Crippen molar-refractivity contribution >= 4 is 5.78 Å². The molecule has 1 rings (SSSR count). The predicted molar refractivity (Wildman–Crippen MR) is 52.1 cm³/mol. The Hall–Kier alpha value is -1.64. The molecule has 0 N–H and O–H groups in total. The van der Waals surface area contributed by atoms with Gasteiger partial charge in [0.2, 0.25) is 0 Å². The maximum atomic E-state index is 12.9. The van der Waals surface area contributed by atoms with E-state index in [9.17, 15) is 9.18 Å². The van der Waals surface area contributed by atoms with Crippen LogP contribution in [0.4, 0.5) is 4.39 Å². The van der Waals surface area contributed by atoms with Crippen LogP contribution in [-0.2, 0) is 0 Å². The number of allylic oxidation sites excluding steroid dienone is 1. The molecule has 0 aliphatic rings. The molecular weight excluding hydrogens is 183 g/mol. The minimum atomic E-state index is -0.463. The summed E-state index contributed by atoms with van der Waals surface area (Å²) in [5.74, 6) is -0.406. The third-order valence-corrected chi connectivity index (χ3v) is 1.79. The van der Waals surface area contributed by atoms with Crippen LogP contribution < -0.4 is 4.74 Å². The number of methoxy groups -OCH3 is 1. The van der Waals surface area contributed by atoms with Crippen molar-refractivity contribution in [1.82, 2.24) is 0 Å². The fraction of sp³-hybridized carbons (Fsp3) is 0.182. The molecule has 0 amide bonds. The molecule has 74 valence electrons. The number of benzene rings is 1. The van der Waals surface area contributed by atoms with E-state index in [1.165, 1.54) is 19.2 Å². The van der Waals surface area contributed by atoms with Crippen molar-refractivity contribution in [2.24, 2.45) is 0 Å². The van der Waals surface area contributed by atoms with E-state index in [1.807, 2.05) is 0 Å². The van der Waals surface area contributed by atoms with Crippen LogP contribution in [-0.4, -0.2) is 12.9 Å². The molecule has 0 atom stereocenters. The van der Waals surface area contributed by atoms with Crippen molar-refractivity contribution < 1.29 is 13.9 Å². The quantitative estimate of drug-likeness (QED) is 0.546. The van der Waals surface area contributed by atoms with Gasteiger partial charge in [-0.15, -0.1) is 0 Å². The fourth-order valence-electron chi connectivity index (χ4n) is 1.09. The van der Waals surface area contributed by atoms with Crippen LogP contribution in [0.3, 0.4) is 0 Å². The first kappa shape index (κ1) is 10.4. The van der Waals surface area contributed by atoms with Gasteiger partial charge >= 0.3 is 0 Å². The molecular formula is C11H11FO2. The summed E-state index contributed by atoms with van der Waals surface area (Å²) in [5.41, 5.74) is 0.564. The Bertz CT molecular complexity index is 383. The molecule has 2 nitrogen and oxygen atoms in total. The zero-order chi connectivity index (χ0) is 10.7. The molecule has 0 bridgehead atoms. The summed E-state index contributed by atoms with van der Waals surface area (Å²) >= 11 is 0. The topological polar surface area (TPSA) is 26.3 Å². The lowest BCUT2D eigenvalue weighted by Gasteiger charge is -2.06. The van der Waals surface area contributed by atoms with E-state index in [4.69, 9.17) is 4.74 Å². The summed E-state index contributed by atoms with van der Waals surface area (Å²) in [6, 6.07) is 3.81. The molecule has 0 aliphatic heterocycles. The number of carbonyl (C=O) groups excluding carboxylic acids is 1. The van der Waals surface area contributed by atoms with Crippen molar-refractivity contribution in [3.05, 3.63) is 41.7 Å². The lowest BCUT2D eigenvalue weighted by Crippen LogP contribution is -2.03. The van der Waals surface area contributed by atoms with Crippen molar-refractivity contribution in [2.75, 3.05) is 7.11 Å². The molecule has 0 unspecified atom stereocenters. The largest absolute Gasteiger partial charge is 0.496 e. The highest BCUT2D eigenvalue weighted by Crippen LogP contribution is 2.21. The van der Waals surface area contributed by atoms with E-state index in [0.29, 0.717) is 11.3 Å². The van der Waals surface area contributed by atoms with Gasteiger partial charge < -0.3 is 4.74 Å². The number of rotatable bonds is 3. The maximum Gasteiger partial charge on any atom is 0.191 e. The molecule has 1 aromatic carbocycles. The normalized spacial score (nSPS) is 9.64. The minimum Gasteiger partial charge on any atom is -0.496 e. The van der Waals surface area contributed by atoms with Crippen LogP contribution >= 0.6 is 0 Å². The minimum absolute atomic E-state index is 0.208. The predicted octanol–water partition coefficient (Wildman–Crippen LogP) is 2.59. The molecule has 0 saturated carbocycles. The first-order valence-electron chi connectivity index (χ1n) is 4.10. The van der Waals surface area contributed by atoms with Crippen LogP contribution in [0.5, 0.6) is 5.75 Å². The van der Waals surface area contributed by atoms with Crippen LogP contribution in [0.15, 0.2) is 30.4 Å². The van der Waals surface area contributed by atoms with Gasteiger partial charge in [0.15, 0.2) is 5.78 Å². The summed E-state index contributed by atoms with van der Waals surface area (Å²) in [6.07, 6.45) is 0. The molecule has 0 radical (unpaired) electrons. The van der Waals surface area contributed by atoms with Gasteiger partial charge in [-0.05, 0) is 30.7 Å². The zero-order valence-electron chi connectivity index (χ0n) is 8.13. The number of ketones is 1. The van der Waals surface area contributed by atoms with E-state index < -0.39 is 5.82 Å². The number of hydrogen-bond acceptors (Lipinski definition) is 2. The van der Waals surface area contributed by atoms with Crippen LogP contribution in [0, 0.1) is 5.82 Å². The van der Waals surface area contributed by atoms with Crippen LogP contribution in [0.2, 0.25) is 0 Å². The van der Waals surface area contributed by atoms with Gasteiger partial charge in [-0.3, -0.25) is 4.79 Å². The standard InChI is InChI=1S/C11H11FO2/c1-7(2)11(13)9-6-8(12)4-5-10(9)14-3/h4-6H,1H2,2-3H3. The summed E-state index contributed by atoms with van der Waals surface area (Å²) in [4.78, 5) is 11.5. The van der Waals surface area contributed by atoms with Gasteiger partial charge in [0.25, 0.3) is 0 Å². The fourth-order valence-corrected chi connectivity index (χ4v) is 1.09. The summed E-state index contributed by atoms with van der Waals surface area (Å²) in [7, 11) is 1.43. The number of hydrogen-bond donors (Lipinski definition) is 0. The molecule has 0 heterocycles. The lowest BCUT2D eigenvalue weighted by molar-refractivity contribution is 0.103. The number of halogens is 1. The first-order valence-corrected chi connectivity index (χ1v) is 4.10. The highest BCUT2D eigenvalue weighted by Gasteiger charge is 2.13. The second-order valence-electron chi connectivity index (χ2n) is 2.95. The number of carbonyl (C=O) groups is 1. The third-order valence-electron chi connectivity index (χ3n) is 1.79. The third kappa shape index (κ3) is 1.99. The van der Waals surface area contributed by atoms with Crippen molar-refractivity contribution in [3.8, 4) is 5.75 Å². The van der Waals surface area contributed by atoms with Crippen LogP contribution in [0.1, 0.15) is 17.3 Å². The van der Waals surface area contributed by atoms with E-state index in [2.05, 4.69) is 6.58 Å². The van der Waals surface area contributed by atoms with E-state index in [-0.39, 0.29) is 11.3 Å². The highest BCUT2D eigenvalue weighted by molar-refractivity contribution is 6.09. The lowest BCUT2D eigenvalue weighted by atomic mass is 10.0. The molecule has 0 spiro atoms. The van der Waals surface area contributed by atoms with Gasteiger partial charge in [-0.1, -0.05) is 6.58 Å². The number of ether oxygens (including phenoxy) is 1. The van der Waals surface area contributed by atoms with Gasteiger partial charge in [0.05, 0.1) is 12.7 Å². The number of Topliss-reactive ketones (excluding diaryl/α,β-unsaturated/α-hetero) is 1. The molecule has 3 heteroatoms. The van der Waals surface area contributed by atoms with Gasteiger partial charge in [0, 0.05) is 0 Å². The van der Waals surface area contributed by atoms with E-state index in [1.54, 1.807) is 6.92 Å². The highest BCUT2D eigenvalue weighted by atomic mass is 19.1. The Kier molecular flexibility index (Phi) is 3.02. The van der Waals surface area contributed by atoms with Crippen LogP contribution in [0.25, 0.3) is 0 Å². The average molecular weight is 194 g/mol. The summed E-state index contributed by atoms with van der Waals surface area (Å²) in [5, 5.41) is 0. The SMILES string of the molecule is C=C(C)C(=O)c1cc(F)ccc1OC. The van der Waals surface area contributed by atoms with Gasteiger partial charge in [0.1, 0.15) is 11.6 Å². The van der Waals surface area contributed by atoms with E-state index >= 15 is 0 Å². The van der Waals surface area contributed by atoms with Crippen molar-refractivity contribution in [3.63, 3.8) is 0 Å². The Morgan fingerprint density at radius 3 is 2.64 bits per heavy atom. The smallest absolute Gasteiger partial charge is 0.191 e. The molecule has 14 heavy (non-hydrogen) atoms. The molecule has 0 saturated heterocycles. The zero-order valence-corrected chi connectivity index (χ0v) is 8.13.